The number of nitrogens with zero attached hydrogens (tertiary/aromatic N) is 2. The fraction of sp³-hybridized carbons (Fsp3) is 0.517. The van der Waals surface area contributed by atoms with Crippen molar-refractivity contribution in [2.45, 2.75) is 78.4 Å². The third-order valence-corrected chi connectivity index (χ3v) is 7.00. The van der Waals surface area contributed by atoms with Gasteiger partial charge in [-0.3, -0.25) is 19.7 Å². The van der Waals surface area contributed by atoms with E-state index < -0.39 is 16.5 Å². The van der Waals surface area contributed by atoms with E-state index in [1.54, 1.807) is 17.0 Å². The normalized spacial score (nSPS) is 18.9. The van der Waals surface area contributed by atoms with E-state index in [9.17, 15) is 19.7 Å². The first-order valence-electron chi connectivity index (χ1n) is 12.9. The van der Waals surface area contributed by atoms with Gasteiger partial charge in [-0.05, 0) is 69.4 Å². The maximum absolute atomic E-state index is 14.1. The first kappa shape index (κ1) is 27.4. The molecule has 0 spiro atoms. The number of benzene rings is 2. The van der Waals surface area contributed by atoms with E-state index in [1.807, 2.05) is 51.1 Å². The van der Waals surface area contributed by atoms with Crippen LogP contribution in [0.3, 0.4) is 0 Å². The molecule has 194 valence electrons. The predicted octanol–water partition coefficient (Wildman–Crippen LogP) is 6.04. The van der Waals surface area contributed by atoms with Gasteiger partial charge in [0.25, 0.3) is 5.69 Å². The molecule has 7 nitrogen and oxygen atoms in total. The average Bonchev–Trinajstić information content (AvgIpc) is 2.83. The molecule has 0 saturated heterocycles. The van der Waals surface area contributed by atoms with Gasteiger partial charge in [0, 0.05) is 30.1 Å². The Morgan fingerprint density at radius 3 is 2.22 bits per heavy atom. The molecule has 2 aromatic carbocycles. The minimum absolute atomic E-state index is 0.0679. The standard InChI is InChI=1S/C29H39N3O4/c1-20(2)22-14-16-23(17-15-22)28(34)31(19-21-10-7-6-8-11-21)26(27(33)30-29(3,4)5)24-12-9-13-25(18-24)32(35)36/h6-13,18,20,22-23,26H,14-17,19H2,1-5H3,(H,30,33). The molecule has 1 unspecified atom stereocenters. The molecule has 36 heavy (non-hydrogen) atoms. The van der Waals surface area contributed by atoms with Crippen molar-refractivity contribution in [1.29, 1.82) is 0 Å². The Morgan fingerprint density at radius 1 is 1.03 bits per heavy atom. The molecule has 0 heterocycles. The largest absolute Gasteiger partial charge is 0.349 e. The molecule has 1 aliphatic carbocycles. The molecule has 0 bridgehead atoms. The molecule has 1 saturated carbocycles. The van der Waals surface area contributed by atoms with Crippen molar-refractivity contribution >= 4 is 17.5 Å². The van der Waals surface area contributed by atoms with Crippen molar-refractivity contribution in [3.8, 4) is 0 Å². The summed E-state index contributed by atoms with van der Waals surface area (Å²) < 4.78 is 0. The Hall–Kier alpha value is -3.22. The highest BCUT2D eigenvalue weighted by molar-refractivity contribution is 5.90. The van der Waals surface area contributed by atoms with Gasteiger partial charge in [0.1, 0.15) is 6.04 Å². The number of carbonyl (C=O) groups is 2. The van der Waals surface area contributed by atoms with Crippen LogP contribution in [0, 0.1) is 27.9 Å². The molecule has 1 aliphatic rings. The van der Waals surface area contributed by atoms with Gasteiger partial charge in [-0.15, -0.1) is 0 Å². The van der Waals surface area contributed by atoms with Crippen LogP contribution in [0.15, 0.2) is 54.6 Å². The highest BCUT2D eigenvalue weighted by Gasteiger charge is 2.38. The highest BCUT2D eigenvalue weighted by Crippen LogP contribution is 2.36. The third-order valence-electron chi connectivity index (χ3n) is 7.00. The molecule has 0 aliphatic heterocycles. The Balaban J connectivity index is 2.04. The average molecular weight is 494 g/mol. The summed E-state index contributed by atoms with van der Waals surface area (Å²) in [4.78, 5) is 40.5. The van der Waals surface area contributed by atoms with Crippen LogP contribution in [-0.4, -0.2) is 27.2 Å². The number of nitro benzene ring substituents is 1. The molecule has 0 aromatic heterocycles. The minimum Gasteiger partial charge on any atom is -0.349 e. The second-order valence-corrected chi connectivity index (χ2v) is 11.3. The summed E-state index contributed by atoms with van der Waals surface area (Å²) in [5, 5.41) is 14.5. The smallest absolute Gasteiger partial charge is 0.269 e. The van der Waals surface area contributed by atoms with Crippen LogP contribution in [0.1, 0.15) is 77.5 Å². The molecular weight excluding hydrogens is 454 g/mol. The number of nitrogens with one attached hydrogen (secondary N) is 1. The number of non-ortho nitro benzene ring substituents is 1. The number of nitro groups is 1. The Morgan fingerprint density at radius 2 is 1.67 bits per heavy atom. The topological polar surface area (TPSA) is 92.6 Å². The summed E-state index contributed by atoms with van der Waals surface area (Å²) in [5.74, 6) is 0.599. The fourth-order valence-corrected chi connectivity index (χ4v) is 5.06. The maximum atomic E-state index is 14.1. The predicted molar refractivity (Wildman–Crippen MR) is 141 cm³/mol. The van der Waals surface area contributed by atoms with Crippen molar-refractivity contribution < 1.29 is 14.5 Å². The van der Waals surface area contributed by atoms with Crippen molar-refractivity contribution in [3.63, 3.8) is 0 Å². The number of rotatable bonds is 8. The van der Waals surface area contributed by atoms with Crippen molar-refractivity contribution in [3.05, 3.63) is 75.8 Å². The lowest BCUT2D eigenvalue weighted by Crippen LogP contribution is -2.50. The molecule has 2 aromatic rings. The van der Waals surface area contributed by atoms with Gasteiger partial charge in [-0.25, -0.2) is 0 Å². The van der Waals surface area contributed by atoms with Crippen LogP contribution in [0.25, 0.3) is 0 Å². The van der Waals surface area contributed by atoms with E-state index in [2.05, 4.69) is 19.2 Å². The monoisotopic (exact) mass is 493 g/mol. The summed E-state index contributed by atoms with van der Waals surface area (Å²) in [6, 6.07) is 14.7. The van der Waals surface area contributed by atoms with E-state index in [4.69, 9.17) is 0 Å². The zero-order valence-electron chi connectivity index (χ0n) is 22.1. The fourth-order valence-electron chi connectivity index (χ4n) is 5.06. The lowest BCUT2D eigenvalue weighted by molar-refractivity contribution is -0.384. The van der Waals surface area contributed by atoms with Gasteiger partial charge in [-0.2, -0.15) is 0 Å². The highest BCUT2D eigenvalue weighted by atomic mass is 16.6. The summed E-state index contributed by atoms with van der Waals surface area (Å²) in [7, 11) is 0. The van der Waals surface area contributed by atoms with Crippen LogP contribution in [-0.2, 0) is 16.1 Å². The molecule has 7 heteroatoms. The first-order valence-corrected chi connectivity index (χ1v) is 12.9. The molecule has 1 fully saturated rings. The van der Waals surface area contributed by atoms with Crippen LogP contribution in [0.4, 0.5) is 5.69 Å². The summed E-state index contributed by atoms with van der Waals surface area (Å²) in [6.45, 7) is 10.3. The molecule has 2 amide bonds. The van der Waals surface area contributed by atoms with Gasteiger partial charge in [-0.1, -0.05) is 56.3 Å². The van der Waals surface area contributed by atoms with Gasteiger partial charge < -0.3 is 10.2 Å². The number of carbonyl (C=O) groups excluding carboxylic acids is 2. The lowest BCUT2D eigenvalue weighted by Gasteiger charge is -2.38. The van der Waals surface area contributed by atoms with Crippen LogP contribution in [0.2, 0.25) is 0 Å². The summed E-state index contributed by atoms with van der Waals surface area (Å²) in [5.41, 5.74) is 0.699. The Labute approximate surface area is 214 Å². The van der Waals surface area contributed by atoms with Crippen LogP contribution < -0.4 is 5.32 Å². The second-order valence-electron chi connectivity index (χ2n) is 11.3. The quantitative estimate of drug-likeness (QED) is 0.358. The second kappa shape index (κ2) is 11.7. The first-order chi connectivity index (χ1) is 17.0. The molecule has 0 radical (unpaired) electrons. The number of hydrogen-bond donors (Lipinski definition) is 1. The van der Waals surface area contributed by atoms with Gasteiger partial charge in [0.05, 0.1) is 4.92 Å². The van der Waals surface area contributed by atoms with E-state index in [0.717, 1.165) is 31.2 Å². The van der Waals surface area contributed by atoms with Crippen molar-refractivity contribution in [2.24, 2.45) is 17.8 Å². The number of hydrogen-bond acceptors (Lipinski definition) is 4. The summed E-state index contributed by atoms with van der Waals surface area (Å²) in [6.07, 6.45) is 3.55. The zero-order valence-corrected chi connectivity index (χ0v) is 22.1. The number of amides is 2. The van der Waals surface area contributed by atoms with Crippen LogP contribution >= 0.6 is 0 Å². The zero-order chi connectivity index (χ0) is 26.5. The van der Waals surface area contributed by atoms with E-state index in [0.29, 0.717) is 17.4 Å². The van der Waals surface area contributed by atoms with Gasteiger partial charge in [0.15, 0.2) is 0 Å². The van der Waals surface area contributed by atoms with Crippen molar-refractivity contribution in [1.82, 2.24) is 10.2 Å². The Bertz CT molecular complexity index is 1050. The van der Waals surface area contributed by atoms with E-state index in [1.165, 1.54) is 12.1 Å². The van der Waals surface area contributed by atoms with Crippen molar-refractivity contribution in [2.75, 3.05) is 0 Å². The molecule has 1 atom stereocenters. The van der Waals surface area contributed by atoms with E-state index in [-0.39, 0.29) is 30.0 Å². The van der Waals surface area contributed by atoms with Crippen LogP contribution in [0.5, 0.6) is 0 Å². The third kappa shape index (κ3) is 7.15. The molecule has 3 rings (SSSR count). The molecule has 1 N–H and O–H groups in total. The maximum Gasteiger partial charge on any atom is 0.269 e. The molecular formula is C29H39N3O4. The lowest BCUT2D eigenvalue weighted by atomic mass is 9.76. The van der Waals surface area contributed by atoms with Gasteiger partial charge in [0.2, 0.25) is 11.8 Å². The SMILES string of the molecule is CC(C)C1CCC(C(=O)N(Cc2ccccc2)C(C(=O)NC(C)(C)C)c2cccc([N+](=O)[O-])c2)CC1. The Kier molecular flexibility index (Phi) is 8.88. The minimum atomic E-state index is -0.986. The summed E-state index contributed by atoms with van der Waals surface area (Å²) >= 11 is 0. The van der Waals surface area contributed by atoms with Gasteiger partial charge >= 0.3 is 0 Å². The van der Waals surface area contributed by atoms with E-state index >= 15 is 0 Å².